The van der Waals surface area contributed by atoms with Gasteiger partial charge >= 0.3 is 0 Å². The predicted octanol–water partition coefficient (Wildman–Crippen LogP) is 3.30. The molecular formula is C12H11NS. The monoisotopic (exact) mass is 201 g/mol. The Kier molecular flexibility index (Phi) is 1.88. The van der Waals surface area contributed by atoms with Gasteiger partial charge in [0.25, 0.3) is 0 Å². The van der Waals surface area contributed by atoms with Gasteiger partial charge in [-0.25, -0.2) is 4.98 Å². The molecule has 0 aliphatic heterocycles. The topological polar surface area (TPSA) is 12.9 Å². The molecule has 0 amide bonds. The van der Waals surface area contributed by atoms with E-state index in [-0.39, 0.29) is 0 Å². The van der Waals surface area contributed by atoms with E-state index in [0.29, 0.717) is 0 Å². The molecule has 0 spiro atoms. The van der Waals surface area contributed by atoms with Crippen molar-refractivity contribution in [3.8, 4) is 10.6 Å². The molecule has 0 atom stereocenters. The highest BCUT2D eigenvalue weighted by Gasteiger charge is 2.15. The van der Waals surface area contributed by atoms with E-state index in [9.17, 15) is 0 Å². The van der Waals surface area contributed by atoms with Crippen molar-refractivity contribution in [3.05, 3.63) is 40.9 Å². The van der Waals surface area contributed by atoms with Gasteiger partial charge in [-0.05, 0) is 30.4 Å². The quantitative estimate of drug-likeness (QED) is 0.690. The Balaban J connectivity index is 2.20. The van der Waals surface area contributed by atoms with Gasteiger partial charge in [0, 0.05) is 17.1 Å². The van der Waals surface area contributed by atoms with Crippen LogP contribution in [0.4, 0.5) is 0 Å². The summed E-state index contributed by atoms with van der Waals surface area (Å²) >= 11 is 1.73. The molecular weight excluding hydrogens is 190 g/mol. The zero-order valence-electron chi connectivity index (χ0n) is 7.86. The summed E-state index contributed by atoms with van der Waals surface area (Å²) in [6, 6.07) is 6.60. The maximum atomic E-state index is 4.38. The summed E-state index contributed by atoms with van der Waals surface area (Å²) in [6.07, 6.45) is 5.66. The lowest BCUT2D eigenvalue weighted by atomic mass is 10.0. The average Bonchev–Trinajstić information content (AvgIpc) is 2.88. The van der Waals surface area contributed by atoms with Gasteiger partial charge in [-0.1, -0.05) is 18.2 Å². The van der Waals surface area contributed by atoms with Crippen LogP contribution in [0.25, 0.3) is 10.6 Å². The maximum Gasteiger partial charge on any atom is 0.123 e. The summed E-state index contributed by atoms with van der Waals surface area (Å²) in [6.45, 7) is 0. The molecule has 0 bridgehead atoms. The molecule has 1 nitrogen and oxygen atoms in total. The number of aromatic nitrogens is 1. The van der Waals surface area contributed by atoms with E-state index in [2.05, 4.69) is 23.2 Å². The van der Waals surface area contributed by atoms with Gasteiger partial charge in [-0.2, -0.15) is 0 Å². The summed E-state index contributed by atoms with van der Waals surface area (Å²) < 4.78 is 0. The van der Waals surface area contributed by atoms with Crippen LogP contribution in [0.1, 0.15) is 17.5 Å². The predicted molar refractivity (Wildman–Crippen MR) is 59.6 cm³/mol. The van der Waals surface area contributed by atoms with Gasteiger partial charge in [0.2, 0.25) is 0 Å². The van der Waals surface area contributed by atoms with Crippen molar-refractivity contribution in [2.24, 2.45) is 0 Å². The summed E-state index contributed by atoms with van der Waals surface area (Å²) in [5.74, 6) is 0. The van der Waals surface area contributed by atoms with Crippen LogP contribution in [0.3, 0.4) is 0 Å². The number of aryl methyl sites for hydroxylation is 1. The second-order valence-corrected chi connectivity index (χ2v) is 4.53. The summed E-state index contributed by atoms with van der Waals surface area (Å²) in [5.41, 5.74) is 4.41. The lowest BCUT2D eigenvalue weighted by Crippen LogP contribution is -1.86. The first kappa shape index (κ1) is 8.18. The van der Waals surface area contributed by atoms with Crippen molar-refractivity contribution in [2.45, 2.75) is 19.3 Å². The Morgan fingerprint density at radius 2 is 2.21 bits per heavy atom. The minimum atomic E-state index is 1.17. The second kappa shape index (κ2) is 3.21. The van der Waals surface area contributed by atoms with E-state index in [1.165, 1.54) is 41.0 Å². The lowest BCUT2D eigenvalue weighted by Gasteiger charge is -2.04. The number of nitrogens with zero attached hydrogens (tertiary/aromatic N) is 1. The number of hydrogen-bond donors (Lipinski definition) is 0. The molecule has 70 valence electrons. The van der Waals surface area contributed by atoms with Crippen LogP contribution >= 0.6 is 11.3 Å². The van der Waals surface area contributed by atoms with Crippen LogP contribution in [0, 0.1) is 0 Å². The summed E-state index contributed by atoms with van der Waals surface area (Å²) in [4.78, 5) is 4.38. The minimum absolute atomic E-state index is 1.17. The highest BCUT2D eigenvalue weighted by molar-refractivity contribution is 7.13. The molecule has 1 aliphatic carbocycles. The second-order valence-electron chi connectivity index (χ2n) is 3.63. The SMILES string of the molecule is c1cc2c(c(-c3nccs3)c1)CCC2. The largest absolute Gasteiger partial charge is 0.245 e. The summed E-state index contributed by atoms with van der Waals surface area (Å²) in [5, 5.41) is 3.22. The van der Waals surface area contributed by atoms with Gasteiger partial charge in [0.1, 0.15) is 5.01 Å². The highest BCUT2D eigenvalue weighted by Crippen LogP contribution is 2.32. The van der Waals surface area contributed by atoms with Gasteiger partial charge in [0.05, 0.1) is 0 Å². The molecule has 1 heterocycles. The molecule has 2 heteroatoms. The zero-order chi connectivity index (χ0) is 9.38. The van der Waals surface area contributed by atoms with Crippen molar-refractivity contribution in [3.63, 3.8) is 0 Å². The van der Waals surface area contributed by atoms with Gasteiger partial charge in [-0.3, -0.25) is 0 Å². The van der Waals surface area contributed by atoms with Crippen LogP contribution in [-0.2, 0) is 12.8 Å². The Morgan fingerprint density at radius 3 is 3.07 bits per heavy atom. The molecule has 0 fully saturated rings. The third-order valence-corrected chi connectivity index (χ3v) is 3.62. The minimum Gasteiger partial charge on any atom is -0.245 e. The molecule has 1 aromatic carbocycles. The van der Waals surface area contributed by atoms with Crippen LogP contribution in [0.15, 0.2) is 29.8 Å². The number of hydrogen-bond acceptors (Lipinski definition) is 2. The van der Waals surface area contributed by atoms with Crippen LogP contribution in [0.2, 0.25) is 0 Å². The van der Waals surface area contributed by atoms with Crippen LogP contribution in [0.5, 0.6) is 0 Å². The van der Waals surface area contributed by atoms with E-state index in [1.54, 1.807) is 11.3 Å². The average molecular weight is 201 g/mol. The molecule has 0 saturated heterocycles. The maximum absolute atomic E-state index is 4.38. The molecule has 1 aromatic heterocycles. The van der Waals surface area contributed by atoms with E-state index < -0.39 is 0 Å². The molecule has 2 aromatic rings. The Morgan fingerprint density at radius 1 is 1.21 bits per heavy atom. The third-order valence-electron chi connectivity index (χ3n) is 2.81. The Hall–Kier alpha value is -1.15. The molecule has 0 N–H and O–H groups in total. The number of rotatable bonds is 1. The molecule has 0 saturated carbocycles. The van der Waals surface area contributed by atoms with Crippen molar-refractivity contribution < 1.29 is 0 Å². The standard InChI is InChI=1S/C12H11NS/c1-3-9-4-2-6-11(10(9)5-1)12-13-7-8-14-12/h2,4,6-8H,1,3,5H2. The van der Waals surface area contributed by atoms with Crippen LogP contribution in [-0.4, -0.2) is 4.98 Å². The van der Waals surface area contributed by atoms with Crippen molar-refractivity contribution in [1.29, 1.82) is 0 Å². The van der Waals surface area contributed by atoms with E-state index >= 15 is 0 Å². The van der Waals surface area contributed by atoms with Gasteiger partial charge in [-0.15, -0.1) is 11.3 Å². The number of fused-ring (bicyclic) bond motifs is 1. The fraction of sp³-hybridized carbons (Fsp3) is 0.250. The van der Waals surface area contributed by atoms with Crippen LogP contribution < -0.4 is 0 Å². The third kappa shape index (κ3) is 1.18. The molecule has 1 aliphatic rings. The zero-order valence-corrected chi connectivity index (χ0v) is 8.68. The Labute approximate surface area is 87.4 Å². The molecule has 0 unspecified atom stereocenters. The highest BCUT2D eigenvalue weighted by atomic mass is 32.1. The Bertz CT molecular complexity index is 445. The van der Waals surface area contributed by atoms with Crippen molar-refractivity contribution in [2.75, 3.05) is 0 Å². The molecule has 3 rings (SSSR count). The number of thiazole rings is 1. The fourth-order valence-electron chi connectivity index (χ4n) is 2.18. The normalized spacial score (nSPS) is 14.3. The molecule has 14 heavy (non-hydrogen) atoms. The van der Waals surface area contributed by atoms with Crippen molar-refractivity contribution in [1.82, 2.24) is 4.98 Å². The smallest absolute Gasteiger partial charge is 0.123 e. The van der Waals surface area contributed by atoms with Crippen molar-refractivity contribution >= 4 is 11.3 Å². The van der Waals surface area contributed by atoms with Gasteiger partial charge in [0.15, 0.2) is 0 Å². The summed E-state index contributed by atoms with van der Waals surface area (Å²) in [7, 11) is 0. The van der Waals surface area contributed by atoms with E-state index in [1.807, 2.05) is 11.6 Å². The number of benzene rings is 1. The van der Waals surface area contributed by atoms with E-state index in [4.69, 9.17) is 0 Å². The van der Waals surface area contributed by atoms with Gasteiger partial charge < -0.3 is 0 Å². The molecule has 0 radical (unpaired) electrons. The first-order valence-corrected chi connectivity index (χ1v) is 5.84. The lowest BCUT2D eigenvalue weighted by molar-refractivity contribution is 0.912. The van der Waals surface area contributed by atoms with E-state index in [0.717, 1.165) is 0 Å². The fourth-order valence-corrected chi connectivity index (χ4v) is 2.87. The first-order chi connectivity index (χ1) is 6.95. The first-order valence-electron chi connectivity index (χ1n) is 4.96.